The summed E-state index contributed by atoms with van der Waals surface area (Å²) in [6.07, 6.45) is -4.97. The van der Waals surface area contributed by atoms with Gasteiger partial charge >= 0.3 is 18.2 Å². The molecule has 2 aliphatic heterocycles. The molecule has 154 valence electrons. The van der Waals surface area contributed by atoms with Gasteiger partial charge in [0.1, 0.15) is 11.0 Å². The van der Waals surface area contributed by atoms with E-state index in [0.717, 1.165) is 12.0 Å². The number of carbonyl (C=O) groups is 3. The highest BCUT2D eigenvalue weighted by Gasteiger charge is 2.56. The third-order valence-electron chi connectivity index (χ3n) is 4.89. The van der Waals surface area contributed by atoms with Crippen molar-refractivity contribution in [3.63, 3.8) is 0 Å². The normalized spacial score (nSPS) is 20.7. The summed E-state index contributed by atoms with van der Waals surface area (Å²) in [6, 6.07) is 0. The minimum Gasteiger partial charge on any atom is -0.468 e. The van der Waals surface area contributed by atoms with Crippen molar-refractivity contribution < 1.29 is 37.0 Å². The van der Waals surface area contributed by atoms with Crippen LogP contribution in [0.1, 0.15) is 33.6 Å². The molecular weight excluding hydrogens is 369 g/mol. The molecule has 0 bridgehead atoms. The van der Waals surface area contributed by atoms with Gasteiger partial charge in [-0.25, -0.2) is 4.79 Å². The fourth-order valence-corrected chi connectivity index (χ4v) is 3.25. The van der Waals surface area contributed by atoms with Crippen molar-refractivity contribution in [3.8, 4) is 0 Å². The van der Waals surface area contributed by atoms with E-state index in [9.17, 15) is 27.6 Å². The summed E-state index contributed by atoms with van der Waals surface area (Å²) in [6.45, 7) is 4.39. The summed E-state index contributed by atoms with van der Waals surface area (Å²) in [5.41, 5.74) is -2.25. The Balaban J connectivity index is 2.06. The number of methoxy groups -OCH3 is 1. The van der Waals surface area contributed by atoms with E-state index in [1.807, 2.05) is 0 Å². The van der Waals surface area contributed by atoms with Gasteiger partial charge < -0.3 is 19.3 Å². The van der Waals surface area contributed by atoms with Gasteiger partial charge in [0.05, 0.1) is 13.0 Å². The Bertz CT molecular complexity index is 601. The molecule has 0 aliphatic carbocycles. The molecule has 0 spiro atoms. The maximum absolute atomic E-state index is 12.8. The van der Waals surface area contributed by atoms with Crippen molar-refractivity contribution in [2.75, 3.05) is 33.3 Å². The summed E-state index contributed by atoms with van der Waals surface area (Å²) in [7, 11) is 1.13. The van der Waals surface area contributed by atoms with Crippen molar-refractivity contribution in [2.45, 2.75) is 45.4 Å². The second-order valence-electron chi connectivity index (χ2n) is 7.99. The molecule has 2 saturated heterocycles. The Labute approximate surface area is 155 Å². The lowest BCUT2D eigenvalue weighted by Crippen LogP contribution is -2.62. The quantitative estimate of drug-likeness (QED) is 0.530. The average Bonchev–Trinajstić information content (AvgIpc) is 2.49. The zero-order valence-electron chi connectivity index (χ0n) is 15.9. The number of rotatable bonds is 2. The van der Waals surface area contributed by atoms with Gasteiger partial charge in [0.2, 0.25) is 5.91 Å². The molecule has 0 atom stereocenters. The third kappa shape index (κ3) is 4.47. The van der Waals surface area contributed by atoms with Crippen LogP contribution in [0.5, 0.6) is 0 Å². The van der Waals surface area contributed by atoms with E-state index in [1.54, 1.807) is 20.8 Å². The maximum Gasteiger partial charge on any atom is 0.410 e. The standard InChI is InChI=1S/C17H25F3N2O5/c1-15(2,3)27-14(25)21-7-5-16(6-8-21,13(24)26-4)12(23)22-9-11(10-22)17(18,19)20/h11H,5-10H2,1-4H3. The first-order valence-corrected chi connectivity index (χ1v) is 8.72. The molecule has 0 radical (unpaired) electrons. The van der Waals surface area contributed by atoms with Crippen LogP contribution >= 0.6 is 0 Å². The largest absolute Gasteiger partial charge is 0.468 e. The summed E-state index contributed by atoms with van der Waals surface area (Å²) in [5.74, 6) is -3.02. The molecule has 2 heterocycles. The number of hydrogen-bond donors (Lipinski definition) is 0. The summed E-state index contributed by atoms with van der Waals surface area (Å²) < 4.78 is 48.1. The van der Waals surface area contributed by atoms with Crippen LogP contribution in [0, 0.1) is 11.3 Å². The molecule has 27 heavy (non-hydrogen) atoms. The number of carbonyl (C=O) groups excluding carboxylic acids is 3. The predicted molar refractivity (Wildman–Crippen MR) is 87.6 cm³/mol. The van der Waals surface area contributed by atoms with Gasteiger partial charge in [0.15, 0.2) is 0 Å². The van der Waals surface area contributed by atoms with Gasteiger partial charge in [-0.2, -0.15) is 13.2 Å². The van der Waals surface area contributed by atoms with E-state index in [2.05, 4.69) is 0 Å². The average molecular weight is 394 g/mol. The van der Waals surface area contributed by atoms with Crippen LogP contribution in [-0.2, 0) is 19.1 Å². The molecule has 2 amide bonds. The highest BCUT2D eigenvalue weighted by molar-refractivity contribution is 6.03. The van der Waals surface area contributed by atoms with Crippen LogP contribution in [0.4, 0.5) is 18.0 Å². The highest BCUT2D eigenvalue weighted by atomic mass is 19.4. The molecule has 2 fully saturated rings. The fraction of sp³-hybridized carbons (Fsp3) is 0.824. The van der Waals surface area contributed by atoms with Crippen molar-refractivity contribution in [2.24, 2.45) is 11.3 Å². The summed E-state index contributed by atoms with van der Waals surface area (Å²) >= 11 is 0. The lowest BCUT2D eigenvalue weighted by molar-refractivity contribution is -0.214. The summed E-state index contributed by atoms with van der Waals surface area (Å²) in [5, 5.41) is 0. The Morgan fingerprint density at radius 3 is 1.93 bits per heavy atom. The van der Waals surface area contributed by atoms with Crippen molar-refractivity contribution in [1.29, 1.82) is 0 Å². The summed E-state index contributed by atoms with van der Waals surface area (Å²) in [4.78, 5) is 39.7. The van der Waals surface area contributed by atoms with Crippen LogP contribution in [0.3, 0.4) is 0 Å². The molecular formula is C17H25F3N2O5. The van der Waals surface area contributed by atoms with Gasteiger partial charge in [0, 0.05) is 26.2 Å². The first-order valence-electron chi connectivity index (χ1n) is 8.72. The van der Waals surface area contributed by atoms with E-state index < -0.39 is 54.2 Å². The Hall–Kier alpha value is -2.00. The fourth-order valence-electron chi connectivity index (χ4n) is 3.25. The van der Waals surface area contributed by atoms with Gasteiger partial charge in [-0.15, -0.1) is 0 Å². The van der Waals surface area contributed by atoms with Crippen LogP contribution in [-0.4, -0.2) is 72.8 Å². The molecule has 2 aliphatic rings. The monoisotopic (exact) mass is 394 g/mol. The number of halogens is 3. The molecule has 0 aromatic carbocycles. The van der Waals surface area contributed by atoms with Crippen LogP contribution < -0.4 is 0 Å². The van der Waals surface area contributed by atoms with Gasteiger partial charge in [-0.3, -0.25) is 9.59 Å². The number of ether oxygens (including phenoxy) is 2. The Morgan fingerprint density at radius 2 is 1.52 bits per heavy atom. The molecule has 0 unspecified atom stereocenters. The molecule has 0 aromatic rings. The third-order valence-corrected chi connectivity index (χ3v) is 4.89. The lowest BCUT2D eigenvalue weighted by atomic mass is 9.76. The van der Waals surface area contributed by atoms with Crippen LogP contribution in [0.15, 0.2) is 0 Å². The minimum atomic E-state index is -4.37. The minimum absolute atomic E-state index is 0.0229. The topological polar surface area (TPSA) is 76.2 Å². The van der Waals surface area contributed by atoms with E-state index in [4.69, 9.17) is 9.47 Å². The van der Waals surface area contributed by atoms with Crippen LogP contribution in [0.25, 0.3) is 0 Å². The second kappa shape index (κ2) is 7.20. The number of nitrogens with zero attached hydrogens (tertiary/aromatic N) is 2. The first-order chi connectivity index (χ1) is 12.3. The zero-order chi connectivity index (χ0) is 20.6. The molecule has 0 aromatic heterocycles. The van der Waals surface area contributed by atoms with Crippen LogP contribution in [0.2, 0.25) is 0 Å². The second-order valence-corrected chi connectivity index (χ2v) is 7.99. The maximum atomic E-state index is 12.8. The number of alkyl halides is 3. The van der Waals surface area contributed by atoms with Crippen molar-refractivity contribution in [3.05, 3.63) is 0 Å². The van der Waals surface area contributed by atoms with Crippen molar-refractivity contribution >= 4 is 18.0 Å². The SMILES string of the molecule is COC(=O)C1(C(=O)N2CC(C(F)(F)F)C2)CCN(C(=O)OC(C)(C)C)CC1. The van der Waals surface area contributed by atoms with Crippen molar-refractivity contribution in [1.82, 2.24) is 9.80 Å². The Morgan fingerprint density at radius 1 is 1.00 bits per heavy atom. The molecule has 2 rings (SSSR count). The van der Waals surface area contributed by atoms with Gasteiger partial charge in [-0.05, 0) is 33.6 Å². The highest BCUT2D eigenvalue weighted by Crippen LogP contribution is 2.40. The molecule has 0 N–H and O–H groups in total. The van der Waals surface area contributed by atoms with Gasteiger partial charge in [0.25, 0.3) is 0 Å². The van der Waals surface area contributed by atoms with E-state index in [1.165, 1.54) is 4.90 Å². The number of piperidine rings is 1. The van der Waals surface area contributed by atoms with E-state index in [-0.39, 0.29) is 25.9 Å². The number of amides is 2. The lowest BCUT2D eigenvalue weighted by Gasteiger charge is -2.46. The first kappa shape index (κ1) is 21.3. The molecule has 0 saturated carbocycles. The molecule has 7 nitrogen and oxygen atoms in total. The number of hydrogen-bond acceptors (Lipinski definition) is 5. The number of esters is 1. The van der Waals surface area contributed by atoms with E-state index in [0.29, 0.717) is 0 Å². The predicted octanol–water partition coefficient (Wildman–Crippen LogP) is 2.20. The number of likely N-dealkylation sites (tertiary alicyclic amines) is 2. The van der Waals surface area contributed by atoms with E-state index >= 15 is 0 Å². The zero-order valence-corrected chi connectivity index (χ0v) is 15.9. The Kier molecular flexibility index (Phi) is 5.68. The van der Waals surface area contributed by atoms with Gasteiger partial charge in [-0.1, -0.05) is 0 Å². The molecule has 10 heteroatoms. The smallest absolute Gasteiger partial charge is 0.410 e.